The summed E-state index contributed by atoms with van der Waals surface area (Å²) >= 11 is 12.1. The van der Waals surface area contributed by atoms with Crippen LogP contribution in [-0.4, -0.2) is 36.8 Å². The third kappa shape index (κ3) is 9.08. The maximum Gasteiger partial charge on any atom is 0.262 e. The van der Waals surface area contributed by atoms with Crippen LogP contribution < -0.4 is 20.2 Å². The summed E-state index contributed by atoms with van der Waals surface area (Å²) in [6.45, 7) is 4.27. The minimum atomic E-state index is -0.921. The summed E-state index contributed by atoms with van der Waals surface area (Å²) in [4.78, 5) is 26.0. The molecule has 9 heteroatoms. The first kappa shape index (κ1) is 29.0. The van der Waals surface area contributed by atoms with Crippen molar-refractivity contribution in [3.8, 4) is 11.5 Å². The van der Waals surface area contributed by atoms with Gasteiger partial charge in [0, 0.05) is 17.0 Å². The summed E-state index contributed by atoms with van der Waals surface area (Å²) in [5.74, 6) is 0.0393. The number of rotatable bonds is 13. The topological polar surface area (TPSA) is 89.0 Å². The normalized spacial score (nSPS) is 12.5. The van der Waals surface area contributed by atoms with Gasteiger partial charge in [0.1, 0.15) is 17.5 Å². The van der Waals surface area contributed by atoms with Crippen LogP contribution in [0.4, 0.5) is 0 Å². The van der Waals surface area contributed by atoms with E-state index in [1.54, 1.807) is 19.1 Å². The van der Waals surface area contributed by atoms with E-state index >= 15 is 0 Å². The molecule has 0 aromatic heterocycles. The van der Waals surface area contributed by atoms with E-state index in [0.717, 1.165) is 24.0 Å². The second-order valence-electron chi connectivity index (χ2n) is 8.56. The molecule has 0 saturated carbocycles. The molecule has 2 amide bonds. The van der Waals surface area contributed by atoms with Gasteiger partial charge in [-0.1, -0.05) is 79.0 Å². The number of carbonyl (C=O) groups is 2. The zero-order valence-corrected chi connectivity index (χ0v) is 22.8. The van der Waals surface area contributed by atoms with Crippen molar-refractivity contribution in [3.63, 3.8) is 0 Å². The van der Waals surface area contributed by atoms with Crippen molar-refractivity contribution in [2.45, 2.75) is 45.3 Å². The Bertz CT molecular complexity index is 1240. The molecule has 2 N–H and O–H groups in total. The number of unbranched alkanes of at least 4 members (excludes halogenated alkanes) is 1. The second-order valence-corrected chi connectivity index (χ2v) is 9.40. The lowest BCUT2D eigenvalue weighted by Gasteiger charge is -2.21. The molecule has 0 saturated heterocycles. The van der Waals surface area contributed by atoms with Gasteiger partial charge in [0.15, 0.2) is 6.10 Å². The number of nitrogens with zero attached hydrogens (tertiary/aromatic N) is 1. The molecule has 0 aliphatic carbocycles. The minimum absolute atomic E-state index is 0.263. The number of carbonyl (C=O) groups excluding carboxylic acids is 2. The van der Waals surface area contributed by atoms with Crippen molar-refractivity contribution in [1.29, 1.82) is 0 Å². The van der Waals surface area contributed by atoms with Crippen LogP contribution in [-0.2, 0) is 16.0 Å². The third-order valence-corrected chi connectivity index (χ3v) is 6.07. The monoisotopic (exact) mass is 555 g/mol. The second kappa shape index (κ2) is 15.0. The average molecular weight is 556 g/mol. The van der Waals surface area contributed by atoms with Crippen LogP contribution in [0.25, 0.3) is 0 Å². The average Bonchev–Trinajstić information content (AvgIpc) is 2.91. The molecular formula is C29H31Cl2N3O4. The summed E-state index contributed by atoms with van der Waals surface area (Å²) in [6.07, 6.45) is 2.83. The Hall–Kier alpha value is -3.55. The molecule has 0 bridgehead atoms. The number of ether oxygens (including phenoxy) is 2. The largest absolute Gasteiger partial charge is 0.493 e. The summed E-state index contributed by atoms with van der Waals surface area (Å²) in [5.41, 5.74) is 4.15. The Balaban J connectivity index is 1.68. The predicted molar refractivity (Wildman–Crippen MR) is 151 cm³/mol. The van der Waals surface area contributed by atoms with Gasteiger partial charge in [0.25, 0.3) is 11.8 Å². The number of nitrogens with one attached hydrogen (secondary N) is 2. The quantitative estimate of drug-likeness (QED) is 0.158. The first-order chi connectivity index (χ1) is 18.4. The van der Waals surface area contributed by atoms with E-state index in [2.05, 4.69) is 22.8 Å². The molecule has 3 aromatic rings. The maximum atomic E-state index is 13.1. The first-order valence-electron chi connectivity index (χ1n) is 12.4. The van der Waals surface area contributed by atoms with Gasteiger partial charge in [-0.3, -0.25) is 9.59 Å². The van der Waals surface area contributed by atoms with E-state index in [1.165, 1.54) is 12.3 Å². The van der Waals surface area contributed by atoms with Crippen LogP contribution >= 0.6 is 23.2 Å². The van der Waals surface area contributed by atoms with E-state index < -0.39 is 24.0 Å². The number of amides is 2. The summed E-state index contributed by atoms with van der Waals surface area (Å²) in [6, 6.07) is 20.7. The fourth-order valence-electron chi connectivity index (χ4n) is 3.45. The standard InChI is InChI=1S/C29H31Cl2N3O4/c1-3-4-16-37-26-13-9-8-12-22(26)19-32-34-29(36)25(17-21-10-6-5-7-11-21)33-28(35)20(2)38-27-15-14-23(30)18-24(27)31/h5-15,18-20,25H,3-4,16-17H2,1-2H3,(H,33,35)(H,34,36)/b32-19-/t20-,25-/m0/s1. The van der Waals surface area contributed by atoms with Crippen molar-refractivity contribution in [3.05, 3.63) is 94.0 Å². The molecule has 38 heavy (non-hydrogen) atoms. The van der Waals surface area contributed by atoms with E-state index in [9.17, 15) is 9.59 Å². The number of halogens is 2. The highest BCUT2D eigenvalue weighted by atomic mass is 35.5. The van der Waals surface area contributed by atoms with Crippen LogP contribution in [0.1, 0.15) is 37.8 Å². The third-order valence-electron chi connectivity index (χ3n) is 5.54. The minimum Gasteiger partial charge on any atom is -0.493 e. The number of benzene rings is 3. The van der Waals surface area contributed by atoms with E-state index in [4.69, 9.17) is 32.7 Å². The molecule has 0 fully saturated rings. The fraction of sp³-hybridized carbons (Fsp3) is 0.276. The summed E-state index contributed by atoms with van der Waals surface area (Å²) in [5, 5.41) is 7.62. The molecule has 0 unspecified atom stereocenters. The molecule has 2 atom stereocenters. The molecule has 0 spiro atoms. The van der Waals surface area contributed by atoms with Crippen LogP contribution in [0.2, 0.25) is 10.0 Å². The number of hydrazone groups is 1. The van der Waals surface area contributed by atoms with Crippen LogP contribution in [0.5, 0.6) is 11.5 Å². The lowest BCUT2D eigenvalue weighted by Crippen LogP contribution is -2.50. The van der Waals surface area contributed by atoms with Gasteiger partial charge < -0.3 is 14.8 Å². The highest BCUT2D eigenvalue weighted by molar-refractivity contribution is 6.35. The Morgan fingerprint density at radius 1 is 0.974 bits per heavy atom. The van der Waals surface area contributed by atoms with Gasteiger partial charge >= 0.3 is 0 Å². The van der Waals surface area contributed by atoms with Gasteiger partial charge in [-0.05, 0) is 49.2 Å². The van der Waals surface area contributed by atoms with Crippen molar-refractivity contribution >= 4 is 41.2 Å². The van der Waals surface area contributed by atoms with Crippen molar-refractivity contribution in [1.82, 2.24) is 10.7 Å². The molecule has 3 aromatic carbocycles. The Kier molecular flexibility index (Phi) is 11.5. The predicted octanol–water partition coefficient (Wildman–Crippen LogP) is 5.82. The van der Waals surface area contributed by atoms with E-state index in [-0.39, 0.29) is 11.4 Å². The van der Waals surface area contributed by atoms with Crippen LogP contribution in [0, 0.1) is 0 Å². The van der Waals surface area contributed by atoms with Gasteiger partial charge in [-0.15, -0.1) is 0 Å². The fourth-order valence-corrected chi connectivity index (χ4v) is 3.90. The highest BCUT2D eigenvalue weighted by Gasteiger charge is 2.25. The smallest absolute Gasteiger partial charge is 0.262 e. The van der Waals surface area contributed by atoms with Crippen LogP contribution in [0.15, 0.2) is 77.9 Å². The highest BCUT2D eigenvalue weighted by Crippen LogP contribution is 2.28. The number of para-hydroxylation sites is 1. The molecule has 3 rings (SSSR count). The molecule has 7 nitrogen and oxygen atoms in total. The van der Waals surface area contributed by atoms with Crippen molar-refractivity contribution in [2.24, 2.45) is 5.10 Å². The van der Waals surface area contributed by atoms with Gasteiger partial charge in [-0.2, -0.15) is 5.10 Å². The molecule has 200 valence electrons. The SMILES string of the molecule is CCCCOc1ccccc1/C=N\NC(=O)[C@H](Cc1ccccc1)NC(=O)[C@H](C)Oc1ccc(Cl)cc1Cl. The van der Waals surface area contributed by atoms with Crippen molar-refractivity contribution < 1.29 is 19.1 Å². The Labute approximate surface area is 233 Å². The molecule has 0 aliphatic rings. The van der Waals surface area contributed by atoms with E-state index in [0.29, 0.717) is 23.1 Å². The van der Waals surface area contributed by atoms with Crippen molar-refractivity contribution in [2.75, 3.05) is 6.61 Å². The molecule has 0 aliphatic heterocycles. The van der Waals surface area contributed by atoms with Gasteiger partial charge in [0.2, 0.25) is 0 Å². The maximum absolute atomic E-state index is 13.1. The lowest BCUT2D eigenvalue weighted by molar-refractivity contribution is -0.132. The molecular weight excluding hydrogens is 525 g/mol. The molecule has 0 radical (unpaired) electrons. The zero-order valence-electron chi connectivity index (χ0n) is 21.3. The Morgan fingerprint density at radius 3 is 2.45 bits per heavy atom. The van der Waals surface area contributed by atoms with Gasteiger partial charge in [-0.25, -0.2) is 5.43 Å². The van der Waals surface area contributed by atoms with Gasteiger partial charge in [0.05, 0.1) is 17.8 Å². The zero-order chi connectivity index (χ0) is 27.3. The van der Waals surface area contributed by atoms with Crippen LogP contribution in [0.3, 0.4) is 0 Å². The Morgan fingerprint density at radius 2 is 1.71 bits per heavy atom. The van der Waals surface area contributed by atoms with E-state index in [1.807, 2.05) is 54.6 Å². The summed E-state index contributed by atoms with van der Waals surface area (Å²) in [7, 11) is 0. The molecule has 0 heterocycles. The lowest BCUT2D eigenvalue weighted by atomic mass is 10.1. The summed E-state index contributed by atoms with van der Waals surface area (Å²) < 4.78 is 11.5. The number of hydrogen-bond acceptors (Lipinski definition) is 5. The number of hydrogen-bond donors (Lipinski definition) is 2. The first-order valence-corrected chi connectivity index (χ1v) is 13.1.